The van der Waals surface area contributed by atoms with Gasteiger partial charge in [0.25, 0.3) is 0 Å². The first kappa shape index (κ1) is 23.3. The summed E-state index contributed by atoms with van der Waals surface area (Å²) in [5.41, 5.74) is 15.9. The second-order valence-electron chi connectivity index (χ2n) is 12.3. The van der Waals surface area contributed by atoms with E-state index in [4.69, 9.17) is 0 Å². The third kappa shape index (κ3) is 3.60. The Balaban J connectivity index is 1.19. The van der Waals surface area contributed by atoms with Gasteiger partial charge in [0.05, 0.1) is 0 Å². The maximum Gasteiger partial charge on any atom is -0.00130 e. The molecule has 0 saturated carbocycles. The van der Waals surface area contributed by atoms with Crippen molar-refractivity contribution in [3.8, 4) is 22.3 Å². The molecule has 41 heavy (non-hydrogen) atoms. The topological polar surface area (TPSA) is 0 Å². The Morgan fingerprint density at radius 2 is 1.37 bits per heavy atom. The molecule has 0 bridgehead atoms. The number of fused-ring (bicyclic) bond motifs is 6. The molecule has 0 saturated heterocycles. The summed E-state index contributed by atoms with van der Waals surface area (Å²) >= 11 is 0. The van der Waals surface area contributed by atoms with E-state index in [1.807, 2.05) is 0 Å². The Morgan fingerprint density at radius 3 is 2.27 bits per heavy atom. The summed E-state index contributed by atoms with van der Waals surface area (Å²) in [6.45, 7) is 0. The maximum absolute atomic E-state index is 2.45. The zero-order chi connectivity index (χ0) is 26.9. The quantitative estimate of drug-likeness (QED) is 0.211. The minimum atomic E-state index is 0.661. The fraction of sp³-hybridized carbons (Fsp3) is 0.171. The van der Waals surface area contributed by atoms with Crippen LogP contribution in [-0.4, -0.2) is 0 Å². The Kier molecular flexibility index (Phi) is 5.14. The third-order valence-electron chi connectivity index (χ3n) is 10.00. The first-order chi connectivity index (χ1) is 20.3. The van der Waals surface area contributed by atoms with Crippen molar-refractivity contribution in [2.45, 2.75) is 38.5 Å². The second-order valence-corrected chi connectivity index (χ2v) is 12.3. The van der Waals surface area contributed by atoms with Gasteiger partial charge in [-0.3, -0.25) is 0 Å². The van der Waals surface area contributed by atoms with E-state index in [0.717, 1.165) is 6.42 Å². The molecule has 0 radical (unpaired) electrons. The van der Waals surface area contributed by atoms with Gasteiger partial charge in [-0.05, 0) is 128 Å². The van der Waals surface area contributed by atoms with Crippen LogP contribution in [0.25, 0.3) is 49.4 Å². The average molecular weight is 525 g/mol. The highest BCUT2D eigenvalue weighted by molar-refractivity contribution is 6.06. The lowest BCUT2D eigenvalue weighted by molar-refractivity contribution is 0.541. The van der Waals surface area contributed by atoms with Crippen LogP contribution in [-0.2, 0) is 6.42 Å². The third-order valence-corrected chi connectivity index (χ3v) is 10.00. The van der Waals surface area contributed by atoms with E-state index < -0.39 is 0 Å². The number of benzene rings is 5. The lowest BCUT2D eigenvalue weighted by Gasteiger charge is -2.34. The van der Waals surface area contributed by atoms with Crippen molar-refractivity contribution in [3.63, 3.8) is 0 Å². The molecular weight excluding hydrogens is 492 g/mol. The number of hydrogen-bond donors (Lipinski definition) is 0. The van der Waals surface area contributed by atoms with Gasteiger partial charge in [-0.1, -0.05) is 115 Å². The van der Waals surface area contributed by atoms with Gasteiger partial charge < -0.3 is 0 Å². The molecule has 0 heteroatoms. The smallest absolute Gasteiger partial charge is 0.00130 e. The number of rotatable bonds is 2. The minimum absolute atomic E-state index is 0.661. The van der Waals surface area contributed by atoms with Crippen molar-refractivity contribution in [1.82, 2.24) is 0 Å². The molecule has 5 aromatic rings. The van der Waals surface area contributed by atoms with Crippen LogP contribution in [0.3, 0.4) is 0 Å². The molecule has 4 aliphatic rings. The van der Waals surface area contributed by atoms with Gasteiger partial charge in [0.1, 0.15) is 0 Å². The predicted molar refractivity (Wildman–Crippen MR) is 174 cm³/mol. The molecule has 0 N–H and O–H groups in total. The maximum atomic E-state index is 2.45. The van der Waals surface area contributed by atoms with E-state index >= 15 is 0 Å². The zero-order valence-electron chi connectivity index (χ0n) is 23.3. The molecule has 0 aliphatic heterocycles. The summed E-state index contributed by atoms with van der Waals surface area (Å²) in [6.07, 6.45) is 16.8. The molecule has 0 aromatic heterocycles. The highest BCUT2D eigenvalue weighted by atomic mass is 14.3. The predicted octanol–water partition coefficient (Wildman–Crippen LogP) is 11.0. The van der Waals surface area contributed by atoms with Crippen LogP contribution in [0.5, 0.6) is 0 Å². The first-order valence-corrected chi connectivity index (χ1v) is 15.3. The van der Waals surface area contributed by atoms with E-state index in [-0.39, 0.29) is 0 Å². The Labute approximate surface area is 242 Å². The summed E-state index contributed by atoms with van der Waals surface area (Å²) in [6, 6.07) is 34.6. The van der Waals surface area contributed by atoms with Crippen molar-refractivity contribution < 1.29 is 0 Å². The van der Waals surface area contributed by atoms with Crippen LogP contribution in [0, 0.1) is 5.92 Å². The molecule has 196 valence electrons. The van der Waals surface area contributed by atoms with Gasteiger partial charge in [-0.15, -0.1) is 0 Å². The minimum Gasteiger partial charge on any atom is -0.0842 e. The largest absolute Gasteiger partial charge is 0.0842 e. The molecule has 1 unspecified atom stereocenters. The number of hydrogen-bond acceptors (Lipinski definition) is 0. The van der Waals surface area contributed by atoms with Gasteiger partial charge >= 0.3 is 0 Å². The van der Waals surface area contributed by atoms with Crippen LogP contribution < -0.4 is 0 Å². The van der Waals surface area contributed by atoms with Crippen LogP contribution in [0.4, 0.5) is 0 Å². The fourth-order valence-corrected chi connectivity index (χ4v) is 8.08. The van der Waals surface area contributed by atoms with Crippen molar-refractivity contribution in [2.24, 2.45) is 5.92 Å². The molecular formula is C41H32. The monoisotopic (exact) mass is 524 g/mol. The highest BCUT2D eigenvalue weighted by Crippen LogP contribution is 2.49. The molecule has 0 fully saturated rings. The lowest BCUT2D eigenvalue weighted by Crippen LogP contribution is -2.17. The Hall–Kier alpha value is -4.42. The fourth-order valence-electron chi connectivity index (χ4n) is 8.08. The van der Waals surface area contributed by atoms with Gasteiger partial charge in [0, 0.05) is 0 Å². The number of allylic oxidation sites excluding steroid dienone is 8. The van der Waals surface area contributed by atoms with E-state index in [0.29, 0.717) is 5.92 Å². The Bertz CT molecular complexity index is 2040. The van der Waals surface area contributed by atoms with E-state index in [2.05, 4.69) is 115 Å². The molecule has 0 amide bonds. The van der Waals surface area contributed by atoms with Gasteiger partial charge in [-0.25, -0.2) is 0 Å². The summed E-state index contributed by atoms with van der Waals surface area (Å²) in [4.78, 5) is 0. The van der Waals surface area contributed by atoms with Crippen molar-refractivity contribution in [2.75, 3.05) is 0 Å². The van der Waals surface area contributed by atoms with E-state index in [1.54, 1.807) is 11.1 Å². The van der Waals surface area contributed by atoms with Crippen LogP contribution in [0.2, 0.25) is 0 Å². The van der Waals surface area contributed by atoms with Crippen LogP contribution >= 0.6 is 0 Å². The van der Waals surface area contributed by atoms with Crippen molar-refractivity contribution in [1.29, 1.82) is 0 Å². The van der Waals surface area contributed by atoms with Crippen molar-refractivity contribution in [3.05, 3.63) is 149 Å². The van der Waals surface area contributed by atoms with Crippen LogP contribution in [0.15, 0.2) is 132 Å². The molecule has 1 atom stereocenters. The first-order valence-electron chi connectivity index (χ1n) is 15.3. The zero-order valence-corrected chi connectivity index (χ0v) is 23.3. The summed E-state index contributed by atoms with van der Waals surface area (Å²) in [7, 11) is 0. The molecule has 0 nitrogen and oxygen atoms in total. The highest BCUT2D eigenvalue weighted by Gasteiger charge is 2.30. The van der Waals surface area contributed by atoms with Gasteiger partial charge in [-0.2, -0.15) is 0 Å². The molecule has 4 aliphatic carbocycles. The molecule has 9 rings (SSSR count). The van der Waals surface area contributed by atoms with Gasteiger partial charge in [0.15, 0.2) is 0 Å². The molecule has 5 aromatic carbocycles. The van der Waals surface area contributed by atoms with Crippen LogP contribution in [0.1, 0.15) is 48.8 Å². The Morgan fingerprint density at radius 1 is 0.585 bits per heavy atom. The summed E-state index contributed by atoms with van der Waals surface area (Å²) in [5, 5.41) is 5.38. The van der Waals surface area contributed by atoms with Crippen molar-refractivity contribution >= 4 is 27.1 Å². The summed E-state index contributed by atoms with van der Waals surface area (Å²) in [5.74, 6) is 0.661. The van der Waals surface area contributed by atoms with E-state index in [9.17, 15) is 0 Å². The second kappa shape index (κ2) is 9.05. The SMILES string of the molecule is C1=CC2=C(CC1)CC1CCC=CC1=C2c1cccc2c(-c3ccc4c(c3)Cc3cc5ccccc5cc3-4)cccc12. The summed E-state index contributed by atoms with van der Waals surface area (Å²) < 4.78 is 0. The molecule has 0 spiro atoms. The normalized spacial score (nSPS) is 19.0. The molecule has 0 heterocycles. The van der Waals surface area contributed by atoms with Gasteiger partial charge in [0.2, 0.25) is 0 Å². The average Bonchev–Trinajstić information content (AvgIpc) is 3.38. The lowest BCUT2D eigenvalue weighted by atomic mass is 9.70. The standard InChI is InChI=1S/C41H32/c1-2-10-27-25-40-32(21-26(27)9-1)24-31-23-30(19-20-34(31)40)33-15-7-17-38-37(33)16-8-18-39(38)41-35-13-5-3-11-28(35)22-29-12-4-6-14-36(29)41/h1-2,5-10,13-21,23,25,28H,3-4,11-12,22,24H2. The van der Waals surface area contributed by atoms with E-state index in [1.165, 1.54) is 104 Å².